The van der Waals surface area contributed by atoms with Crippen molar-refractivity contribution >= 4 is 16.7 Å². The smallest absolute Gasteiger partial charge is 0.258 e. The number of hydrogen-bond donors (Lipinski definition) is 1. The predicted molar refractivity (Wildman–Crippen MR) is 82.1 cm³/mol. The van der Waals surface area contributed by atoms with Crippen LogP contribution in [0.15, 0.2) is 36.4 Å². The lowest BCUT2D eigenvalue weighted by Crippen LogP contribution is -2.42. The van der Waals surface area contributed by atoms with Gasteiger partial charge in [0.25, 0.3) is 5.91 Å². The van der Waals surface area contributed by atoms with E-state index in [0.29, 0.717) is 5.56 Å². The molecule has 0 bridgehead atoms. The van der Waals surface area contributed by atoms with Gasteiger partial charge in [-0.05, 0) is 50.6 Å². The third-order valence-electron chi connectivity index (χ3n) is 3.44. The first-order valence-corrected chi connectivity index (χ1v) is 6.96. The van der Waals surface area contributed by atoms with Gasteiger partial charge in [0, 0.05) is 12.1 Å². The maximum absolute atomic E-state index is 12.7. The van der Waals surface area contributed by atoms with Crippen LogP contribution in [0.4, 0.5) is 0 Å². The van der Waals surface area contributed by atoms with E-state index in [1.54, 1.807) is 17.0 Å². The fraction of sp³-hybridized carbons (Fsp3) is 0.353. The van der Waals surface area contributed by atoms with Crippen LogP contribution in [0, 0.1) is 0 Å². The van der Waals surface area contributed by atoms with Crippen molar-refractivity contribution in [2.45, 2.75) is 39.8 Å². The number of fused-ring (bicyclic) bond motifs is 1. The summed E-state index contributed by atoms with van der Waals surface area (Å²) in [6.07, 6.45) is 0. The molecule has 1 N–H and O–H groups in total. The molecule has 0 saturated carbocycles. The predicted octanol–water partition coefficient (Wildman–Crippen LogP) is 3.80. The molecule has 0 aliphatic rings. The number of amides is 1. The van der Waals surface area contributed by atoms with Crippen molar-refractivity contribution in [3.05, 3.63) is 42.0 Å². The third-order valence-corrected chi connectivity index (χ3v) is 3.44. The number of nitrogens with zero attached hydrogens (tertiary/aromatic N) is 1. The van der Waals surface area contributed by atoms with Gasteiger partial charge in [-0.25, -0.2) is 0 Å². The zero-order chi connectivity index (χ0) is 14.9. The molecule has 2 aromatic carbocycles. The zero-order valence-corrected chi connectivity index (χ0v) is 12.4. The number of carbonyl (C=O) groups excluding carboxylic acids is 1. The van der Waals surface area contributed by atoms with E-state index in [1.807, 2.05) is 52.0 Å². The third kappa shape index (κ3) is 2.62. The highest BCUT2D eigenvalue weighted by Gasteiger charge is 2.24. The zero-order valence-electron chi connectivity index (χ0n) is 12.4. The van der Waals surface area contributed by atoms with Gasteiger partial charge < -0.3 is 10.0 Å². The molecule has 0 radical (unpaired) electrons. The summed E-state index contributed by atoms with van der Waals surface area (Å²) in [5, 5.41) is 12.0. The summed E-state index contributed by atoms with van der Waals surface area (Å²) in [6.45, 7) is 7.93. The first kappa shape index (κ1) is 14.4. The number of carbonyl (C=O) groups is 1. The van der Waals surface area contributed by atoms with Gasteiger partial charge in [-0.15, -0.1) is 0 Å². The van der Waals surface area contributed by atoms with E-state index in [2.05, 4.69) is 0 Å². The molecule has 3 heteroatoms. The van der Waals surface area contributed by atoms with Crippen LogP contribution >= 0.6 is 0 Å². The van der Waals surface area contributed by atoms with Crippen molar-refractivity contribution < 1.29 is 9.90 Å². The van der Waals surface area contributed by atoms with E-state index >= 15 is 0 Å². The van der Waals surface area contributed by atoms with E-state index in [1.165, 1.54) is 0 Å². The number of hydrogen-bond acceptors (Lipinski definition) is 2. The minimum atomic E-state index is -0.127. The van der Waals surface area contributed by atoms with Crippen molar-refractivity contribution in [1.29, 1.82) is 0 Å². The molecule has 0 unspecified atom stereocenters. The van der Waals surface area contributed by atoms with Gasteiger partial charge in [-0.2, -0.15) is 0 Å². The Hall–Kier alpha value is -2.03. The highest BCUT2D eigenvalue weighted by molar-refractivity contribution is 6.01. The second kappa shape index (κ2) is 5.53. The Morgan fingerprint density at radius 1 is 1.00 bits per heavy atom. The molecule has 0 aromatic heterocycles. The van der Waals surface area contributed by atoms with E-state index in [-0.39, 0.29) is 23.7 Å². The number of phenolic OH excluding ortho intramolecular Hbond substituents is 1. The first-order valence-electron chi connectivity index (χ1n) is 6.96. The largest absolute Gasteiger partial charge is 0.507 e. The summed E-state index contributed by atoms with van der Waals surface area (Å²) in [5.74, 6) is -0.0850. The highest BCUT2D eigenvalue weighted by Crippen LogP contribution is 2.27. The molecule has 0 heterocycles. The molecular formula is C17H21NO2. The summed E-state index contributed by atoms with van der Waals surface area (Å²) < 4.78 is 0. The fourth-order valence-electron chi connectivity index (χ4n) is 2.60. The van der Waals surface area contributed by atoms with Crippen LogP contribution in [0.5, 0.6) is 5.75 Å². The van der Waals surface area contributed by atoms with Crippen LogP contribution in [-0.2, 0) is 0 Å². The molecule has 0 aliphatic carbocycles. The van der Waals surface area contributed by atoms with Gasteiger partial charge >= 0.3 is 0 Å². The van der Waals surface area contributed by atoms with E-state index in [4.69, 9.17) is 0 Å². The fourth-order valence-corrected chi connectivity index (χ4v) is 2.60. The summed E-state index contributed by atoms with van der Waals surface area (Å²) >= 11 is 0. The van der Waals surface area contributed by atoms with E-state index in [0.717, 1.165) is 10.8 Å². The van der Waals surface area contributed by atoms with Crippen LogP contribution in [0.1, 0.15) is 38.1 Å². The standard InChI is InChI=1S/C17H21NO2/c1-11(2)18(12(3)4)17(20)15-9-13-7-5-6-8-14(13)10-16(15)19/h5-12,19H,1-4H3. The molecule has 0 fully saturated rings. The van der Waals surface area contributed by atoms with Gasteiger partial charge in [0.1, 0.15) is 5.75 Å². The number of aromatic hydroxyl groups is 1. The Bertz CT molecular complexity index is 624. The SMILES string of the molecule is CC(C)N(C(=O)c1cc2ccccc2cc1O)C(C)C. The summed E-state index contributed by atoms with van der Waals surface area (Å²) in [5.41, 5.74) is 0.367. The second-order valence-corrected chi connectivity index (χ2v) is 5.62. The molecule has 0 atom stereocenters. The average Bonchev–Trinajstić information content (AvgIpc) is 2.36. The Balaban J connectivity index is 2.51. The maximum atomic E-state index is 12.7. The molecule has 0 spiro atoms. The lowest BCUT2D eigenvalue weighted by atomic mass is 10.0. The Labute approximate surface area is 119 Å². The van der Waals surface area contributed by atoms with Gasteiger partial charge in [0.15, 0.2) is 0 Å². The van der Waals surface area contributed by atoms with E-state index in [9.17, 15) is 9.90 Å². The highest BCUT2D eigenvalue weighted by atomic mass is 16.3. The molecule has 106 valence electrons. The summed E-state index contributed by atoms with van der Waals surface area (Å²) in [6, 6.07) is 11.3. The molecule has 0 aliphatic heterocycles. The number of phenols is 1. The topological polar surface area (TPSA) is 40.5 Å². The van der Waals surface area contributed by atoms with Crippen LogP contribution < -0.4 is 0 Å². The van der Waals surface area contributed by atoms with E-state index < -0.39 is 0 Å². The normalized spacial score (nSPS) is 11.3. The van der Waals surface area contributed by atoms with Gasteiger partial charge in [-0.1, -0.05) is 24.3 Å². The van der Waals surface area contributed by atoms with Crippen LogP contribution in [0.3, 0.4) is 0 Å². The Kier molecular flexibility index (Phi) is 3.98. The number of benzene rings is 2. The Morgan fingerprint density at radius 2 is 1.50 bits per heavy atom. The molecule has 3 nitrogen and oxygen atoms in total. The molecule has 1 amide bonds. The van der Waals surface area contributed by atoms with Gasteiger partial charge in [0.05, 0.1) is 5.56 Å². The molecule has 2 aromatic rings. The maximum Gasteiger partial charge on any atom is 0.258 e. The summed E-state index contributed by atoms with van der Waals surface area (Å²) in [4.78, 5) is 14.4. The lowest BCUT2D eigenvalue weighted by molar-refractivity contribution is 0.0641. The minimum Gasteiger partial charge on any atom is -0.507 e. The lowest BCUT2D eigenvalue weighted by Gasteiger charge is -2.31. The first-order chi connectivity index (χ1) is 9.41. The monoisotopic (exact) mass is 271 g/mol. The summed E-state index contributed by atoms with van der Waals surface area (Å²) in [7, 11) is 0. The average molecular weight is 271 g/mol. The van der Waals surface area contributed by atoms with Crippen LogP contribution in [0.25, 0.3) is 10.8 Å². The molecular weight excluding hydrogens is 250 g/mol. The second-order valence-electron chi connectivity index (χ2n) is 5.62. The molecule has 0 saturated heterocycles. The molecule has 2 rings (SSSR count). The van der Waals surface area contributed by atoms with Crippen LogP contribution in [-0.4, -0.2) is 28.0 Å². The van der Waals surface area contributed by atoms with Crippen molar-refractivity contribution in [3.8, 4) is 5.75 Å². The van der Waals surface area contributed by atoms with Crippen molar-refractivity contribution in [3.63, 3.8) is 0 Å². The van der Waals surface area contributed by atoms with Crippen LogP contribution in [0.2, 0.25) is 0 Å². The number of rotatable bonds is 3. The van der Waals surface area contributed by atoms with Gasteiger partial charge in [0.2, 0.25) is 0 Å². The van der Waals surface area contributed by atoms with Gasteiger partial charge in [-0.3, -0.25) is 4.79 Å². The van der Waals surface area contributed by atoms with Crippen molar-refractivity contribution in [2.75, 3.05) is 0 Å². The Morgan fingerprint density at radius 3 is 2.00 bits per heavy atom. The van der Waals surface area contributed by atoms with Crippen molar-refractivity contribution in [1.82, 2.24) is 4.90 Å². The minimum absolute atomic E-state index is 0.0417. The quantitative estimate of drug-likeness (QED) is 0.922. The van der Waals surface area contributed by atoms with Crippen molar-refractivity contribution in [2.24, 2.45) is 0 Å². The molecule has 20 heavy (non-hydrogen) atoms.